The van der Waals surface area contributed by atoms with E-state index >= 15 is 0 Å². The number of hydrogen-bond acceptors (Lipinski definition) is 0. The topological polar surface area (TPSA) is 0 Å². The third-order valence-corrected chi connectivity index (χ3v) is 17.1. The second-order valence-electron chi connectivity index (χ2n) is 26.5. The van der Waals surface area contributed by atoms with E-state index in [9.17, 15) is 0 Å². The Morgan fingerprint density at radius 3 is 0.765 bits per heavy atom. The SMILES string of the molecule is CCCCCCCCCCCCCCCC[N+](C)(C)CCc1ccccc1.CCCCCCCCCCCCCCCC[N+](C)(C)Cc1ccccc1.CCCCCCCCCCCCCCCC[N+](C)(C)c1ccccc1.[CH3-].[CH3-].[CH3-]. The normalized spacial score (nSPS) is 11.4. The molecule has 474 valence electrons. The highest BCUT2D eigenvalue weighted by atomic mass is 15.3. The van der Waals surface area contributed by atoms with Crippen molar-refractivity contribution in [3.8, 4) is 0 Å². The van der Waals surface area contributed by atoms with E-state index in [1.807, 2.05) is 0 Å². The van der Waals surface area contributed by atoms with Crippen molar-refractivity contribution in [2.24, 2.45) is 0 Å². The van der Waals surface area contributed by atoms with Gasteiger partial charge in [-0.05, 0) is 56.2 Å². The summed E-state index contributed by atoms with van der Waals surface area (Å²) >= 11 is 0. The van der Waals surface area contributed by atoms with E-state index < -0.39 is 0 Å². The van der Waals surface area contributed by atoms with Gasteiger partial charge in [0, 0.05) is 12.0 Å². The Hall–Kier alpha value is -2.46. The lowest BCUT2D eigenvalue weighted by atomic mass is 10.0. The van der Waals surface area contributed by atoms with Gasteiger partial charge >= 0.3 is 0 Å². The Morgan fingerprint density at radius 1 is 0.235 bits per heavy atom. The van der Waals surface area contributed by atoms with E-state index in [4.69, 9.17) is 0 Å². The molecule has 0 bridgehead atoms. The molecule has 3 heteroatoms. The van der Waals surface area contributed by atoms with Crippen LogP contribution in [-0.4, -0.2) is 77.4 Å². The van der Waals surface area contributed by atoms with Gasteiger partial charge in [-0.2, -0.15) is 0 Å². The van der Waals surface area contributed by atoms with Crippen molar-refractivity contribution in [2.45, 2.75) is 303 Å². The predicted octanol–water partition coefficient (Wildman–Crippen LogP) is 24.6. The molecule has 3 aromatic carbocycles. The molecule has 0 radical (unpaired) electrons. The van der Waals surface area contributed by atoms with Crippen LogP contribution in [0, 0.1) is 22.3 Å². The third kappa shape index (κ3) is 55.2. The van der Waals surface area contributed by atoms with Gasteiger partial charge in [0.15, 0.2) is 0 Å². The molecule has 0 amide bonds. The zero-order chi connectivity index (χ0) is 56.8. The van der Waals surface area contributed by atoms with Crippen molar-refractivity contribution in [1.29, 1.82) is 0 Å². The van der Waals surface area contributed by atoms with E-state index in [0.717, 1.165) is 20.0 Å². The quantitative estimate of drug-likeness (QED) is 0.0300. The fraction of sp³-hybridized carbons (Fsp3) is 0.731. The molecule has 0 unspecified atom stereocenters. The highest BCUT2D eigenvalue weighted by molar-refractivity contribution is 5.40. The molecule has 0 fully saturated rings. The van der Waals surface area contributed by atoms with Crippen molar-refractivity contribution < 1.29 is 8.97 Å². The number of benzene rings is 3. The molecule has 0 aliphatic rings. The largest absolute Gasteiger partial charge is 0.358 e. The van der Waals surface area contributed by atoms with Crippen LogP contribution in [0.5, 0.6) is 0 Å². The van der Waals surface area contributed by atoms with Crippen LogP contribution in [0.3, 0.4) is 0 Å². The average molecular weight is 1130 g/mol. The molecule has 0 N–H and O–H groups in total. The van der Waals surface area contributed by atoms with Crippen LogP contribution in [0.25, 0.3) is 0 Å². The van der Waals surface area contributed by atoms with Crippen molar-refractivity contribution in [3.63, 3.8) is 0 Å². The van der Waals surface area contributed by atoms with E-state index in [1.165, 1.54) is 319 Å². The number of rotatable bonds is 51. The number of hydrogen-bond donors (Lipinski definition) is 0. The number of para-hydroxylation sites is 1. The third-order valence-electron chi connectivity index (χ3n) is 17.1. The van der Waals surface area contributed by atoms with Gasteiger partial charge in [-0.3, -0.25) is 4.48 Å². The molecule has 0 heterocycles. The molecule has 0 saturated heterocycles. The summed E-state index contributed by atoms with van der Waals surface area (Å²) in [5, 5.41) is 0. The van der Waals surface area contributed by atoms with Gasteiger partial charge in [-0.15, -0.1) is 0 Å². The van der Waals surface area contributed by atoms with Crippen LogP contribution in [0.15, 0.2) is 91.0 Å². The van der Waals surface area contributed by atoms with E-state index in [-0.39, 0.29) is 22.3 Å². The van der Waals surface area contributed by atoms with Crippen molar-refractivity contribution in [1.82, 2.24) is 4.48 Å². The van der Waals surface area contributed by atoms with E-state index in [0.29, 0.717) is 0 Å². The maximum Gasteiger partial charge on any atom is 0.132 e. The standard InChI is InChI=1S/C26H48N.C25H46N.C24H44N.3CH3/c1-4-5-6-7-8-9-10-11-12-13-14-15-16-20-24-27(2,3)25-23-26-21-18-17-19-22-26;1-4-5-6-7-8-9-10-11-12-13-14-15-16-20-23-26(2,3)24-25-21-18-17-19-22-25;1-4-5-6-7-8-9-10-11-12-13-14-15-16-20-23-25(2,3)24-21-18-17-19-22-24;;;/h17-19,21-22H,4-16,20,23-25H2,1-3H3;17-19,21-22H,4-16,20,23-24H2,1-3H3;17-19,21-22H,4-16,20,23H2,1-3H3;3*1H3/q3*+1;3*-1. The Kier molecular flexibility index (Phi) is 60.6. The highest BCUT2D eigenvalue weighted by Crippen LogP contribution is 2.21. The first-order valence-electron chi connectivity index (χ1n) is 34.5. The minimum atomic E-state index is 0. The smallest absolute Gasteiger partial charge is 0.132 e. The van der Waals surface area contributed by atoms with Crippen LogP contribution in [-0.2, 0) is 13.0 Å². The van der Waals surface area contributed by atoms with Crippen LogP contribution in [0.2, 0.25) is 0 Å². The number of quaternary nitrogens is 3. The summed E-state index contributed by atoms with van der Waals surface area (Å²) in [7, 11) is 14.2. The molecule has 3 nitrogen and oxygen atoms in total. The molecule has 0 aromatic heterocycles. The maximum atomic E-state index is 2.39. The first-order chi connectivity index (χ1) is 37.9. The Labute approximate surface area is 512 Å². The fourth-order valence-electron chi connectivity index (χ4n) is 11.5. The van der Waals surface area contributed by atoms with E-state index in [2.05, 4.69) is 154 Å². The molecule has 0 saturated carbocycles. The van der Waals surface area contributed by atoms with Gasteiger partial charge in [0.25, 0.3) is 0 Å². The number of unbranched alkanes of at least 4 members (excludes halogenated alkanes) is 39. The summed E-state index contributed by atoms with van der Waals surface area (Å²) in [5.41, 5.74) is 4.37. The Balaban J connectivity index is -0.00000111. The summed E-state index contributed by atoms with van der Waals surface area (Å²) in [4.78, 5) is 0. The second-order valence-corrected chi connectivity index (χ2v) is 26.5. The first kappa shape index (κ1) is 82.8. The molecule has 0 spiro atoms. The monoisotopic (exact) mass is 1130 g/mol. The van der Waals surface area contributed by atoms with Gasteiger partial charge in [0.05, 0.1) is 68.5 Å². The number of likely N-dealkylation sites (N-methyl/N-ethyl adjacent to an activating group) is 1. The van der Waals surface area contributed by atoms with Crippen LogP contribution < -0.4 is 4.48 Å². The molecule has 81 heavy (non-hydrogen) atoms. The zero-order valence-electron chi connectivity index (χ0n) is 57.4. The molecule has 0 aliphatic heterocycles. The van der Waals surface area contributed by atoms with Crippen LogP contribution in [0.1, 0.15) is 302 Å². The molecular weight excluding hydrogens is 979 g/mol. The highest BCUT2D eigenvalue weighted by Gasteiger charge is 2.18. The Morgan fingerprint density at radius 2 is 0.469 bits per heavy atom. The lowest BCUT2D eigenvalue weighted by molar-refractivity contribution is -0.903. The minimum absolute atomic E-state index is 0. The fourth-order valence-corrected chi connectivity index (χ4v) is 11.5. The van der Waals surface area contributed by atoms with Crippen LogP contribution in [0.4, 0.5) is 5.69 Å². The zero-order valence-corrected chi connectivity index (χ0v) is 57.4. The summed E-state index contributed by atoms with van der Waals surface area (Å²) in [6.45, 7) is 13.2. The lowest BCUT2D eigenvalue weighted by Gasteiger charge is -2.30. The second kappa shape index (κ2) is 59.3. The van der Waals surface area contributed by atoms with Gasteiger partial charge < -0.3 is 31.2 Å². The summed E-state index contributed by atoms with van der Waals surface area (Å²) in [6.07, 6.45) is 61.7. The summed E-state index contributed by atoms with van der Waals surface area (Å²) < 4.78 is 3.29. The summed E-state index contributed by atoms with van der Waals surface area (Å²) in [5.74, 6) is 0. The molecule has 0 atom stereocenters. The Bertz CT molecular complexity index is 1620. The van der Waals surface area contributed by atoms with Crippen molar-refractivity contribution in [3.05, 3.63) is 124 Å². The minimum Gasteiger partial charge on any atom is -0.358 e. The lowest BCUT2D eigenvalue weighted by Crippen LogP contribution is -2.42. The predicted molar refractivity (Wildman–Crippen MR) is 374 cm³/mol. The van der Waals surface area contributed by atoms with Crippen LogP contribution >= 0.6 is 0 Å². The molecule has 3 aromatic rings. The number of nitrogens with zero attached hydrogens (tertiary/aromatic N) is 3. The van der Waals surface area contributed by atoms with Crippen molar-refractivity contribution >= 4 is 5.69 Å². The molecule has 0 aliphatic carbocycles. The van der Waals surface area contributed by atoms with Gasteiger partial charge in [0.2, 0.25) is 0 Å². The van der Waals surface area contributed by atoms with Gasteiger partial charge in [-0.1, -0.05) is 331 Å². The summed E-state index contributed by atoms with van der Waals surface area (Å²) in [6, 6.07) is 32.8. The maximum absolute atomic E-state index is 2.39. The van der Waals surface area contributed by atoms with Gasteiger partial charge in [0.1, 0.15) is 12.2 Å². The van der Waals surface area contributed by atoms with E-state index in [1.54, 1.807) is 0 Å². The molecule has 3 rings (SSSR count). The van der Waals surface area contributed by atoms with Gasteiger partial charge in [-0.25, -0.2) is 0 Å². The van der Waals surface area contributed by atoms with Crippen molar-refractivity contribution in [2.75, 3.05) is 68.5 Å². The molecular formula is C78H147N3. The first-order valence-corrected chi connectivity index (χ1v) is 34.5. The average Bonchev–Trinajstić information content (AvgIpc) is 3.44.